The van der Waals surface area contributed by atoms with Crippen LogP contribution in [0, 0.1) is 6.92 Å². The molecule has 3 N–H and O–H groups in total. The normalized spacial score (nSPS) is 17.7. The second kappa shape index (κ2) is 6.72. The Kier molecular flexibility index (Phi) is 4.98. The summed E-state index contributed by atoms with van der Waals surface area (Å²) >= 11 is 0. The summed E-state index contributed by atoms with van der Waals surface area (Å²) in [5.41, 5.74) is 8.09. The molecular weight excluding hydrogens is 254 g/mol. The van der Waals surface area contributed by atoms with Crippen LogP contribution in [-0.2, 0) is 4.74 Å². The number of carbonyl (C=O) groups excluding carboxylic acids is 1. The minimum absolute atomic E-state index is 0.0718. The van der Waals surface area contributed by atoms with Crippen molar-refractivity contribution < 1.29 is 9.53 Å². The number of morpholine rings is 1. The molecule has 0 spiro atoms. The molecule has 20 heavy (non-hydrogen) atoms. The Morgan fingerprint density at radius 3 is 2.80 bits per heavy atom. The summed E-state index contributed by atoms with van der Waals surface area (Å²) in [6.07, 6.45) is 0. The molecule has 0 aromatic heterocycles. The fraction of sp³-hybridized carbons (Fsp3) is 0.533. The zero-order valence-electron chi connectivity index (χ0n) is 12.2. The van der Waals surface area contributed by atoms with Gasteiger partial charge in [0.15, 0.2) is 0 Å². The van der Waals surface area contributed by atoms with Crippen LogP contribution in [0.4, 0.5) is 5.69 Å². The number of hydrogen-bond acceptors (Lipinski definition) is 4. The average Bonchev–Trinajstić information content (AvgIpc) is 2.42. The lowest BCUT2D eigenvalue weighted by Crippen LogP contribution is -2.46. The van der Waals surface area contributed by atoms with Crippen LogP contribution in [0.5, 0.6) is 0 Å². The number of hydrogen-bond donors (Lipinski definition) is 2. The molecule has 1 heterocycles. The molecule has 1 saturated heterocycles. The molecule has 1 aromatic rings. The van der Waals surface area contributed by atoms with E-state index in [2.05, 4.69) is 10.2 Å². The summed E-state index contributed by atoms with van der Waals surface area (Å²) in [5.74, 6) is -0.0718. The first-order valence-corrected chi connectivity index (χ1v) is 7.03. The highest BCUT2D eigenvalue weighted by atomic mass is 16.5. The Morgan fingerprint density at radius 2 is 2.15 bits per heavy atom. The summed E-state index contributed by atoms with van der Waals surface area (Å²) in [7, 11) is 0. The van der Waals surface area contributed by atoms with Gasteiger partial charge in [0.25, 0.3) is 5.91 Å². The van der Waals surface area contributed by atoms with E-state index in [-0.39, 0.29) is 11.9 Å². The summed E-state index contributed by atoms with van der Waals surface area (Å²) in [6, 6.07) is 5.51. The van der Waals surface area contributed by atoms with Crippen molar-refractivity contribution in [2.45, 2.75) is 19.9 Å². The van der Waals surface area contributed by atoms with Crippen molar-refractivity contribution in [2.75, 3.05) is 38.6 Å². The number of rotatable bonds is 4. The van der Waals surface area contributed by atoms with Crippen LogP contribution in [0.3, 0.4) is 0 Å². The molecule has 0 bridgehead atoms. The smallest absolute Gasteiger partial charge is 0.251 e. The third-order valence-electron chi connectivity index (χ3n) is 3.55. The van der Waals surface area contributed by atoms with E-state index in [1.807, 2.05) is 26.0 Å². The molecule has 2 rings (SSSR count). The number of benzene rings is 1. The van der Waals surface area contributed by atoms with Gasteiger partial charge in [0.1, 0.15) is 0 Å². The van der Waals surface area contributed by atoms with Crippen molar-refractivity contribution in [3.05, 3.63) is 29.3 Å². The van der Waals surface area contributed by atoms with Gasteiger partial charge >= 0.3 is 0 Å². The first kappa shape index (κ1) is 14.8. The van der Waals surface area contributed by atoms with Gasteiger partial charge in [-0.2, -0.15) is 0 Å². The van der Waals surface area contributed by atoms with E-state index in [1.54, 1.807) is 6.07 Å². The van der Waals surface area contributed by atoms with Crippen molar-refractivity contribution in [1.29, 1.82) is 0 Å². The minimum Gasteiger partial charge on any atom is -0.398 e. The summed E-state index contributed by atoms with van der Waals surface area (Å²) in [5, 5.41) is 3.01. The molecule has 0 aliphatic carbocycles. The van der Waals surface area contributed by atoms with Crippen LogP contribution in [0.25, 0.3) is 0 Å². The number of carbonyl (C=O) groups is 1. The van der Waals surface area contributed by atoms with Gasteiger partial charge in [-0.15, -0.1) is 0 Å². The summed E-state index contributed by atoms with van der Waals surface area (Å²) in [6.45, 7) is 8.19. The first-order valence-electron chi connectivity index (χ1n) is 7.03. The van der Waals surface area contributed by atoms with Gasteiger partial charge in [0, 0.05) is 36.9 Å². The molecule has 1 aromatic carbocycles. The van der Waals surface area contributed by atoms with Gasteiger partial charge in [0.2, 0.25) is 0 Å². The second-order valence-corrected chi connectivity index (χ2v) is 5.36. The van der Waals surface area contributed by atoms with Crippen LogP contribution in [-0.4, -0.2) is 49.7 Å². The number of nitrogen functional groups attached to an aromatic ring is 1. The number of aryl methyl sites for hydroxylation is 1. The van der Waals surface area contributed by atoms with E-state index in [0.717, 1.165) is 38.4 Å². The molecule has 110 valence electrons. The van der Waals surface area contributed by atoms with E-state index >= 15 is 0 Å². The van der Waals surface area contributed by atoms with E-state index in [9.17, 15) is 4.79 Å². The number of ether oxygens (including phenoxy) is 1. The molecule has 1 amide bonds. The maximum atomic E-state index is 12.2. The van der Waals surface area contributed by atoms with Crippen LogP contribution >= 0.6 is 0 Å². The lowest BCUT2D eigenvalue weighted by atomic mass is 10.1. The maximum Gasteiger partial charge on any atom is 0.251 e. The number of nitrogens with zero attached hydrogens (tertiary/aromatic N) is 1. The predicted molar refractivity (Wildman–Crippen MR) is 79.8 cm³/mol. The van der Waals surface area contributed by atoms with Crippen LogP contribution in [0.2, 0.25) is 0 Å². The second-order valence-electron chi connectivity index (χ2n) is 5.36. The fourth-order valence-corrected chi connectivity index (χ4v) is 2.31. The predicted octanol–water partition coefficient (Wildman–Crippen LogP) is 1.03. The Bertz CT molecular complexity index is 470. The van der Waals surface area contributed by atoms with E-state index < -0.39 is 0 Å². The lowest BCUT2D eigenvalue weighted by Gasteiger charge is -2.29. The molecule has 0 saturated carbocycles. The van der Waals surface area contributed by atoms with Crippen molar-refractivity contribution in [3.63, 3.8) is 0 Å². The van der Waals surface area contributed by atoms with Gasteiger partial charge in [-0.1, -0.05) is 6.07 Å². The molecule has 1 aliphatic rings. The minimum atomic E-state index is -0.0718. The lowest BCUT2D eigenvalue weighted by molar-refractivity contribution is 0.0342. The Hall–Kier alpha value is -1.59. The van der Waals surface area contributed by atoms with Gasteiger partial charge in [0.05, 0.1) is 13.2 Å². The zero-order chi connectivity index (χ0) is 14.5. The molecular formula is C15H23N3O2. The van der Waals surface area contributed by atoms with Crippen molar-refractivity contribution >= 4 is 11.6 Å². The number of anilines is 1. The standard InChI is InChI=1S/C15H23N3O2/c1-11-3-4-13(9-14(11)16)15(19)17-12(2)10-18-5-7-20-8-6-18/h3-4,9,12H,5-8,10,16H2,1-2H3,(H,17,19). The third kappa shape index (κ3) is 3.95. The van der Waals surface area contributed by atoms with Crippen molar-refractivity contribution in [1.82, 2.24) is 10.2 Å². The average molecular weight is 277 g/mol. The largest absolute Gasteiger partial charge is 0.398 e. The highest BCUT2D eigenvalue weighted by Crippen LogP contribution is 2.13. The Balaban J connectivity index is 1.87. The quantitative estimate of drug-likeness (QED) is 0.807. The van der Waals surface area contributed by atoms with Gasteiger partial charge < -0.3 is 15.8 Å². The monoisotopic (exact) mass is 277 g/mol. The Morgan fingerprint density at radius 1 is 1.45 bits per heavy atom. The SMILES string of the molecule is Cc1ccc(C(=O)NC(C)CN2CCOCC2)cc1N. The van der Waals surface area contributed by atoms with Crippen LogP contribution < -0.4 is 11.1 Å². The van der Waals surface area contributed by atoms with E-state index in [1.165, 1.54) is 0 Å². The first-order chi connectivity index (χ1) is 9.56. The number of amides is 1. The van der Waals surface area contributed by atoms with E-state index in [4.69, 9.17) is 10.5 Å². The van der Waals surface area contributed by atoms with Crippen LogP contribution in [0.1, 0.15) is 22.8 Å². The maximum absolute atomic E-state index is 12.2. The number of nitrogens with two attached hydrogens (primary N) is 1. The molecule has 5 nitrogen and oxygen atoms in total. The van der Waals surface area contributed by atoms with Crippen molar-refractivity contribution in [2.24, 2.45) is 0 Å². The fourth-order valence-electron chi connectivity index (χ4n) is 2.31. The molecule has 5 heteroatoms. The summed E-state index contributed by atoms with van der Waals surface area (Å²) < 4.78 is 5.31. The van der Waals surface area contributed by atoms with Gasteiger partial charge in [-0.3, -0.25) is 9.69 Å². The van der Waals surface area contributed by atoms with E-state index in [0.29, 0.717) is 11.3 Å². The zero-order valence-corrected chi connectivity index (χ0v) is 12.2. The molecule has 0 radical (unpaired) electrons. The molecule has 1 aliphatic heterocycles. The molecule has 1 unspecified atom stereocenters. The molecule has 1 fully saturated rings. The van der Waals surface area contributed by atoms with Gasteiger partial charge in [-0.25, -0.2) is 0 Å². The van der Waals surface area contributed by atoms with Crippen molar-refractivity contribution in [3.8, 4) is 0 Å². The summed E-state index contributed by atoms with van der Waals surface area (Å²) in [4.78, 5) is 14.5. The van der Waals surface area contributed by atoms with Gasteiger partial charge in [-0.05, 0) is 31.5 Å². The highest BCUT2D eigenvalue weighted by molar-refractivity contribution is 5.95. The Labute approximate surface area is 120 Å². The topological polar surface area (TPSA) is 67.6 Å². The third-order valence-corrected chi connectivity index (χ3v) is 3.55. The van der Waals surface area contributed by atoms with Crippen LogP contribution in [0.15, 0.2) is 18.2 Å². The number of nitrogens with one attached hydrogen (secondary N) is 1. The molecule has 1 atom stereocenters. The highest BCUT2D eigenvalue weighted by Gasteiger charge is 2.16.